The van der Waals surface area contributed by atoms with Crippen LogP contribution in [0.1, 0.15) is 40.0 Å². The van der Waals surface area contributed by atoms with Gasteiger partial charge in [0.25, 0.3) is 0 Å². The van der Waals surface area contributed by atoms with Crippen molar-refractivity contribution >= 4 is 0 Å². The molecule has 3 nitrogen and oxygen atoms in total. The minimum absolute atomic E-state index is 0.475. The Morgan fingerprint density at radius 1 is 1.06 bits per heavy atom. The molecule has 0 amide bonds. The van der Waals surface area contributed by atoms with Crippen molar-refractivity contribution in [1.82, 2.24) is 10.2 Å². The van der Waals surface area contributed by atoms with Gasteiger partial charge in [0, 0.05) is 19.7 Å². The molecular formula is C13H30N2O. The van der Waals surface area contributed by atoms with Gasteiger partial charge in [-0.1, -0.05) is 20.8 Å². The average molecular weight is 230 g/mol. The number of ether oxygens (including phenoxy) is 1. The Labute approximate surface area is 102 Å². The SMILES string of the molecule is CCCNC(COC)CN(CCC)CCC. The van der Waals surface area contributed by atoms with Crippen LogP contribution in [0.3, 0.4) is 0 Å². The molecule has 0 aromatic carbocycles. The van der Waals surface area contributed by atoms with Crippen LogP contribution < -0.4 is 5.32 Å². The molecule has 0 saturated carbocycles. The van der Waals surface area contributed by atoms with E-state index >= 15 is 0 Å². The third-order valence-corrected chi connectivity index (χ3v) is 2.61. The van der Waals surface area contributed by atoms with Crippen LogP contribution in [-0.4, -0.2) is 50.8 Å². The molecule has 0 radical (unpaired) electrons. The molecule has 16 heavy (non-hydrogen) atoms. The van der Waals surface area contributed by atoms with Gasteiger partial charge < -0.3 is 15.0 Å². The van der Waals surface area contributed by atoms with E-state index in [1.54, 1.807) is 7.11 Å². The van der Waals surface area contributed by atoms with Crippen molar-refractivity contribution in [1.29, 1.82) is 0 Å². The molecule has 98 valence electrons. The van der Waals surface area contributed by atoms with Gasteiger partial charge in [-0.15, -0.1) is 0 Å². The minimum atomic E-state index is 0.475. The lowest BCUT2D eigenvalue weighted by atomic mass is 10.2. The maximum Gasteiger partial charge on any atom is 0.0628 e. The third-order valence-electron chi connectivity index (χ3n) is 2.61. The summed E-state index contributed by atoms with van der Waals surface area (Å²) in [6, 6.07) is 0.475. The van der Waals surface area contributed by atoms with Gasteiger partial charge in [-0.05, 0) is 38.9 Å². The number of nitrogens with zero attached hydrogens (tertiary/aromatic N) is 1. The standard InChI is InChI=1S/C13H30N2O/c1-5-8-14-13(12-16-4)11-15(9-6-2)10-7-3/h13-14H,5-12H2,1-4H3. The molecule has 0 fully saturated rings. The van der Waals surface area contributed by atoms with Crippen molar-refractivity contribution < 1.29 is 4.74 Å². The van der Waals surface area contributed by atoms with Crippen LogP contribution >= 0.6 is 0 Å². The zero-order chi connectivity index (χ0) is 12.2. The summed E-state index contributed by atoms with van der Waals surface area (Å²) in [7, 11) is 1.78. The van der Waals surface area contributed by atoms with Gasteiger partial charge >= 0.3 is 0 Å². The van der Waals surface area contributed by atoms with Crippen LogP contribution in [0, 0.1) is 0 Å². The van der Waals surface area contributed by atoms with Crippen molar-refractivity contribution in [2.75, 3.05) is 39.9 Å². The highest BCUT2D eigenvalue weighted by atomic mass is 16.5. The maximum absolute atomic E-state index is 5.27. The van der Waals surface area contributed by atoms with Gasteiger partial charge in [0.15, 0.2) is 0 Å². The lowest BCUT2D eigenvalue weighted by molar-refractivity contribution is 0.137. The fraction of sp³-hybridized carbons (Fsp3) is 1.00. The number of hydrogen-bond donors (Lipinski definition) is 1. The quantitative estimate of drug-likeness (QED) is 0.588. The number of nitrogens with one attached hydrogen (secondary N) is 1. The fourth-order valence-electron chi connectivity index (χ4n) is 1.96. The molecule has 0 aliphatic carbocycles. The Bertz CT molecular complexity index is 136. The summed E-state index contributed by atoms with van der Waals surface area (Å²) in [6.45, 7) is 12.1. The van der Waals surface area contributed by atoms with Gasteiger partial charge in [-0.25, -0.2) is 0 Å². The first-order valence-corrected chi connectivity index (χ1v) is 6.73. The van der Waals surface area contributed by atoms with Crippen LogP contribution in [0.25, 0.3) is 0 Å². The second-order valence-electron chi connectivity index (χ2n) is 4.41. The van der Waals surface area contributed by atoms with Gasteiger partial charge in [0.05, 0.1) is 6.61 Å². The highest BCUT2D eigenvalue weighted by molar-refractivity contribution is 4.71. The summed E-state index contributed by atoms with van der Waals surface area (Å²) in [5.41, 5.74) is 0. The highest BCUT2D eigenvalue weighted by Crippen LogP contribution is 1.98. The van der Waals surface area contributed by atoms with Crippen LogP contribution in [-0.2, 0) is 4.74 Å². The highest BCUT2D eigenvalue weighted by Gasteiger charge is 2.12. The molecule has 0 aromatic rings. The van der Waals surface area contributed by atoms with Gasteiger partial charge in [0.1, 0.15) is 0 Å². The van der Waals surface area contributed by atoms with Crippen LogP contribution in [0.15, 0.2) is 0 Å². The van der Waals surface area contributed by atoms with Crippen LogP contribution in [0.5, 0.6) is 0 Å². The summed E-state index contributed by atoms with van der Waals surface area (Å²) in [6.07, 6.45) is 3.64. The molecule has 0 heterocycles. The van der Waals surface area contributed by atoms with Gasteiger partial charge in [-0.2, -0.15) is 0 Å². The molecule has 0 aromatic heterocycles. The van der Waals surface area contributed by atoms with E-state index in [1.807, 2.05) is 0 Å². The Morgan fingerprint density at radius 2 is 1.69 bits per heavy atom. The van der Waals surface area contributed by atoms with E-state index in [-0.39, 0.29) is 0 Å². The first-order chi connectivity index (χ1) is 7.78. The summed E-state index contributed by atoms with van der Waals surface area (Å²) >= 11 is 0. The van der Waals surface area contributed by atoms with Crippen molar-refractivity contribution in [2.24, 2.45) is 0 Å². The van der Waals surface area contributed by atoms with Crippen LogP contribution in [0.4, 0.5) is 0 Å². The first-order valence-electron chi connectivity index (χ1n) is 6.73. The molecule has 1 N–H and O–H groups in total. The molecule has 1 atom stereocenters. The van der Waals surface area contributed by atoms with Gasteiger partial charge in [0.2, 0.25) is 0 Å². The molecule has 0 spiro atoms. The molecule has 3 heteroatoms. The molecular weight excluding hydrogens is 200 g/mol. The third kappa shape index (κ3) is 8.08. The van der Waals surface area contributed by atoms with E-state index in [0.29, 0.717) is 6.04 Å². The molecule has 0 rings (SSSR count). The van der Waals surface area contributed by atoms with Crippen molar-refractivity contribution in [2.45, 2.75) is 46.1 Å². The van der Waals surface area contributed by atoms with Crippen molar-refractivity contribution in [3.63, 3.8) is 0 Å². The molecule has 0 bridgehead atoms. The zero-order valence-corrected chi connectivity index (χ0v) is 11.6. The minimum Gasteiger partial charge on any atom is -0.383 e. The van der Waals surface area contributed by atoms with E-state index in [4.69, 9.17) is 4.74 Å². The molecule has 0 aliphatic heterocycles. The predicted octanol–water partition coefficient (Wildman–Crippen LogP) is 2.12. The second kappa shape index (κ2) is 11.4. The predicted molar refractivity (Wildman–Crippen MR) is 71.0 cm³/mol. The Kier molecular flexibility index (Phi) is 11.3. The lowest BCUT2D eigenvalue weighted by Crippen LogP contribution is -2.44. The molecule has 1 unspecified atom stereocenters. The molecule has 0 saturated heterocycles. The Morgan fingerprint density at radius 3 is 2.12 bits per heavy atom. The van der Waals surface area contributed by atoms with Crippen LogP contribution in [0.2, 0.25) is 0 Å². The number of rotatable bonds is 11. The summed E-state index contributed by atoms with van der Waals surface area (Å²) < 4.78 is 5.27. The number of hydrogen-bond acceptors (Lipinski definition) is 3. The monoisotopic (exact) mass is 230 g/mol. The topological polar surface area (TPSA) is 24.5 Å². The lowest BCUT2D eigenvalue weighted by Gasteiger charge is -2.27. The van der Waals surface area contributed by atoms with Gasteiger partial charge in [-0.3, -0.25) is 0 Å². The van der Waals surface area contributed by atoms with E-state index in [0.717, 1.165) is 19.7 Å². The second-order valence-corrected chi connectivity index (χ2v) is 4.41. The smallest absolute Gasteiger partial charge is 0.0628 e. The average Bonchev–Trinajstić information content (AvgIpc) is 2.27. The number of methoxy groups -OCH3 is 1. The molecule has 0 aliphatic rings. The largest absolute Gasteiger partial charge is 0.383 e. The van der Waals surface area contributed by atoms with Crippen molar-refractivity contribution in [3.8, 4) is 0 Å². The summed E-state index contributed by atoms with van der Waals surface area (Å²) in [5, 5.41) is 3.55. The maximum atomic E-state index is 5.27. The van der Waals surface area contributed by atoms with E-state index < -0.39 is 0 Å². The summed E-state index contributed by atoms with van der Waals surface area (Å²) in [5.74, 6) is 0. The fourth-order valence-corrected chi connectivity index (χ4v) is 1.96. The first kappa shape index (κ1) is 15.9. The summed E-state index contributed by atoms with van der Waals surface area (Å²) in [4.78, 5) is 2.53. The van der Waals surface area contributed by atoms with E-state index in [9.17, 15) is 0 Å². The normalized spacial score (nSPS) is 13.3. The van der Waals surface area contributed by atoms with E-state index in [2.05, 4.69) is 31.0 Å². The van der Waals surface area contributed by atoms with E-state index in [1.165, 1.54) is 32.4 Å². The van der Waals surface area contributed by atoms with Crippen molar-refractivity contribution in [3.05, 3.63) is 0 Å². The Hall–Kier alpha value is -0.120. The Balaban J connectivity index is 3.98. The zero-order valence-electron chi connectivity index (χ0n) is 11.6.